The van der Waals surface area contributed by atoms with Crippen LogP contribution in [0.3, 0.4) is 0 Å². The lowest BCUT2D eigenvalue weighted by atomic mass is 10.3. The van der Waals surface area contributed by atoms with E-state index in [-0.39, 0.29) is 5.91 Å². The Balaban J connectivity index is 1.67. The maximum atomic E-state index is 12.0. The fourth-order valence-electron chi connectivity index (χ4n) is 2.08. The lowest BCUT2D eigenvalue weighted by molar-refractivity contribution is -0.113. The van der Waals surface area contributed by atoms with Crippen molar-refractivity contribution in [3.8, 4) is 0 Å². The number of fused-ring (bicyclic) bond motifs is 1. The third-order valence-electron chi connectivity index (χ3n) is 3.15. The predicted molar refractivity (Wildman–Crippen MR) is 86.5 cm³/mol. The largest absolute Gasteiger partial charge is 0.313 e. The summed E-state index contributed by atoms with van der Waals surface area (Å²) >= 11 is 1.51. The highest BCUT2D eigenvalue weighted by atomic mass is 32.2. The SMILES string of the molecule is Cn1c(NC(=O)CSc2ccccc2)nc2ccccc21. The van der Waals surface area contributed by atoms with Gasteiger partial charge in [0, 0.05) is 11.9 Å². The molecule has 0 aliphatic carbocycles. The summed E-state index contributed by atoms with van der Waals surface area (Å²) in [5.41, 5.74) is 1.88. The third kappa shape index (κ3) is 3.08. The molecule has 5 heteroatoms. The summed E-state index contributed by atoms with van der Waals surface area (Å²) in [4.78, 5) is 17.5. The van der Waals surface area contributed by atoms with Gasteiger partial charge in [0.25, 0.3) is 0 Å². The van der Waals surface area contributed by atoms with Crippen LogP contribution < -0.4 is 5.32 Å². The molecule has 2 aromatic carbocycles. The van der Waals surface area contributed by atoms with Crippen molar-refractivity contribution in [1.29, 1.82) is 0 Å². The molecule has 0 radical (unpaired) electrons. The molecular formula is C16H15N3OS. The van der Waals surface area contributed by atoms with E-state index in [2.05, 4.69) is 10.3 Å². The van der Waals surface area contributed by atoms with Gasteiger partial charge in [0.05, 0.1) is 16.8 Å². The number of nitrogens with zero attached hydrogens (tertiary/aromatic N) is 2. The van der Waals surface area contributed by atoms with Crippen molar-refractivity contribution in [3.05, 3.63) is 54.6 Å². The number of para-hydroxylation sites is 2. The Morgan fingerprint density at radius 3 is 2.62 bits per heavy atom. The third-order valence-corrected chi connectivity index (χ3v) is 4.16. The van der Waals surface area contributed by atoms with Crippen molar-refractivity contribution in [2.75, 3.05) is 11.1 Å². The Kier molecular flexibility index (Phi) is 3.92. The minimum atomic E-state index is -0.0535. The van der Waals surface area contributed by atoms with Crippen LogP contribution in [0.1, 0.15) is 0 Å². The molecule has 4 nitrogen and oxygen atoms in total. The molecule has 0 saturated carbocycles. The average Bonchev–Trinajstić information content (AvgIpc) is 2.83. The van der Waals surface area contributed by atoms with Crippen molar-refractivity contribution < 1.29 is 4.79 Å². The number of hydrogen-bond acceptors (Lipinski definition) is 3. The number of anilines is 1. The highest BCUT2D eigenvalue weighted by Crippen LogP contribution is 2.19. The molecule has 1 amide bonds. The summed E-state index contributed by atoms with van der Waals surface area (Å²) in [6, 6.07) is 17.7. The van der Waals surface area contributed by atoms with E-state index in [1.165, 1.54) is 11.8 Å². The summed E-state index contributed by atoms with van der Waals surface area (Å²) in [5, 5.41) is 2.86. The monoisotopic (exact) mass is 297 g/mol. The summed E-state index contributed by atoms with van der Waals surface area (Å²) in [6.45, 7) is 0. The molecule has 0 bridgehead atoms. The van der Waals surface area contributed by atoms with E-state index >= 15 is 0 Å². The van der Waals surface area contributed by atoms with Crippen LogP contribution in [0.2, 0.25) is 0 Å². The van der Waals surface area contributed by atoms with Crippen molar-refractivity contribution in [3.63, 3.8) is 0 Å². The molecule has 106 valence electrons. The highest BCUT2D eigenvalue weighted by Gasteiger charge is 2.10. The molecule has 0 fully saturated rings. The van der Waals surface area contributed by atoms with Gasteiger partial charge in [0.2, 0.25) is 11.9 Å². The van der Waals surface area contributed by atoms with Gasteiger partial charge in [-0.15, -0.1) is 11.8 Å². The molecule has 3 aromatic rings. The fraction of sp³-hybridized carbons (Fsp3) is 0.125. The number of hydrogen-bond donors (Lipinski definition) is 1. The van der Waals surface area contributed by atoms with Crippen LogP contribution >= 0.6 is 11.8 Å². The zero-order valence-corrected chi connectivity index (χ0v) is 12.4. The number of rotatable bonds is 4. The van der Waals surface area contributed by atoms with Gasteiger partial charge in [0.15, 0.2) is 0 Å². The highest BCUT2D eigenvalue weighted by molar-refractivity contribution is 8.00. The number of carbonyl (C=O) groups excluding carboxylic acids is 1. The van der Waals surface area contributed by atoms with E-state index in [0.717, 1.165) is 15.9 Å². The molecule has 0 atom stereocenters. The van der Waals surface area contributed by atoms with E-state index in [1.807, 2.05) is 66.2 Å². The second kappa shape index (κ2) is 6.01. The first-order valence-corrected chi connectivity index (χ1v) is 7.62. The first-order chi connectivity index (χ1) is 10.2. The topological polar surface area (TPSA) is 46.9 Å². The molecular weight excluding hydrogens is 282 g/mol. The molecule has 0 saturated heterocycles. The normalized spacial score (nSPS) is 10.7. The van der Waals surface area contributed by atoms with Gasteiger partial charge < -0.3 is 4.57 Å². The lowest BCUT2D eigenvalue weighted by Crippen LogP contribution is -2.16. The van der Waals surface area contributed by atoms with E-state index < -0.39 is 0 Å². The van der Waals surface area contributed by atoms with E-state index in [4.69, 9.17) is 0 Å². The van der Waals surface area contributed by atoms with Crippen molar-refractivity contribution >= 4 is 34.7 Å². The summed E-state index contributed by atoms with van der Waals surface area (Å²) < 4.78 is 1.89. The number of aromatic nitrogens is 2. The Morgan fingerprint density at radius 1 is 1.14 bits per heavy atom. The predicted octanol–water partition coefficient (Wildman–Crippen LogP) is 3.30. The maximum Gasteiger partial charge on any atom is 0.237 e. The zero-order chi connectivity index (χ0) is 14.7. The van der Waals surface area contributed by atoms with Crippen LogP contribution in [0.5, 0.6) is 0 Å². The van der Waals surface area contributed by atoms with Gasteiger partial charge in [-0.05, 0) is 24.3 Å². The summed E-state index contributed by atoms with van der Waals surface area (Å²) in [7, 11) is 1.90. The van der Waals surface area contributed by atoms with Crippen LogP contribution in [0.25, 0.3) is 11.0 Å². The minimum Gasteiger partial charge on any atom is -0.313 e. The molecule has 0 aliphatic rings. The second-order valence-electron chi connectivity index (χ2n) is 4.63. The smallest absolute Gasteiger partial charge is 0.237 e. The Hall–Kier alpha value is -2.27. The number of nitrogens with one attached hydrogen (secondary N) is 1. The van der Waals surface area contributed by atoms with Crippen molar-refractivity contribution in [1.82, 2.24) is 9.55 Å². The average molecular weight is 297 g/mol. The van der Waals surface area contributed by atoms with Crippen LogP contribution in [-0.2, 0) is 11.8 Å². The van der Waals surface area contributed by atoms with E-state index in [9.17, 15) is 4.79 Å². The molecule has 1 N–H and O–H groups in total. The van der Waals surface area contributed by atoms with Gasteiger partial charge in [0.1, 0.15) is 0 Å². The van der Waals surface area contributed by atoms with E-state index in [1.54, 1.807) is 0 Å². The molecule has 1 heterocycles. The van der Waals surface area contributed by atoms with Crippen molar-refractivity contribution in [2.24, 2.45) is 7.05 Å². The van der Waals surface area contributed by atoms with Gasteiger partial charge in [-0.1, -0.05) is 30.3 Å². The number of imidazole rings is 1. The zero-order valence-electron chi connectivity index (χ0n) is 11.6. The Labute approximate surface area is 127 Å². The second-order valence-corrected chi connectivity index (χ2v) is 5.68. The number of thioether (sulfide) groups is 1. The number of amides is 1. The van der Waals surface area contributed by atoms with Gasteiger partial charge in [-0.2, -0.15) is 0 Å². The molecule has 0 spiro atoms. The Morgan fingerprint density at radius 2 is 1.86 bits per heavy atom. The summed E-state index contributed by atoms with van der Waals surface area (Å²) in [6.07, 6.45) is 0. The molecule has 21 heavy (non-hydrogen) atoms. The van der Waals surface area contributed by atoms with Gasteiger partial charge in [-0.3, -0.25) is 10.1 Å². The maximum absolute atomic E-state index is 12.0. The fourth-order valence-corrected chi connectivity index (χ4v) is 2.80. The van der Waals surface area contributed by atoms with Crippen LogP contribution in [0, 0.1) is 0 Å². The molecule has 3 rings (SSSR count). The Bertz CT molecular complexity index is 768. The lowest BCUT2D eigenvalue weighted by Gasteiger charge is -2.05. The van der Waals surface area contributed by atoms with Gasteiger partial charge in [-0.25, -0.2) is 4.98 Å². The quantitative estimate of drug-likeness (QED) is 0.752. The van der Waals surface area contributed by atoms with Crippen LogP contribution in [0.15, 0.2) is 59.5 Å². The van der Waals surface area contributed by atoms with Crippen LogP contribution in [-0.4, -0.2) is 21.2 Å². The number of aryl methyl sites for hydroxylation is 1. The standard InChI is InChI=1S/C16H15N3OS/c1-19-14-10-6-5-9-13(14)17-16(19)18-15(20)11-21-12-7-3-2-4-8-12/h2-10H,11H2,1H3,(H,17,18,20). The molecule has 1 aromatic heterocycles. The minimum absolute atomic E-state index is 0.0535. The number of carbonyl (C=O) groups is 1. The van der Waals surface area contributed by atoms with Crippen molar-refractivity contribution in [2.45, 2.75) is 4.90 Å². The molecule has 0 unspecified atom stereocenters. The first kappa shape index (κ1) is 13.7. The first-order valence-electron chi connectivity index (χ1n) is 6.63. The van der Waals surface area contributed by atoms with Crippen LogP contribution in [0.4, 0.5) is 5.95 Å². The molecule has 0 aliphatic heterocycles. The van der Waals surface area contributed by atoms with E-state index in [0.29, 0.717) is 11.7 Å². The number of benzene rings is 2. The summed E-state index contributed by atoms with van der Waals surface area (Å²) in [5.74, 6) is 0.893. The van der Waals surface area contributed by atoms with Gasteiger partial charge >= 0.3 is 0 Å².